The van der Waals surface area contributed by atoms with Gasteiger partial charge in [0.25, 0.3) is 5.91 Å². The molecule has 0 aliphatic carbocycles. The number of imide groups is 1. The maximum atomic E-state index is 13.7. The third-order valence-electron chi connectivity index (χ3n) is 4.86. The number of ketones is 1. The van der Waals surface area contributed by atoms with Gasteiger partial charge >= 0.3 is 6.03 Å². The second-order valence-electron chi connectivity index (χ2n) is 7.21. The summed E-state index contributed by atoms with van der Waals surface area (Å²) in [6.45, 7) is 2.13. The highest BCUT2D eigenvalue weighted by Gasteiger charge is 2.19. The number of unbranched alkanes of at least 4 members (excludes halogenated alkanes) is 1. The van der Waals surface area contributed by atoms with Crippen molar-refractivity contribution in [1.29, 1.82) is 0 Å². The fourth-order valence-corrected chi connectivity index (χ4v) is 3.12. The van der Waals surface area contributed by atoms with Gasteiger partial charge in [0.15, 0.2) is 5.78 Å². The Kier molecular flexibility index (Phi) is 7.44. The van der Waals surface area contributed by atoms with Crippen LogP contribution in [0.4, 0.5) is 19.3 Å². The van der Waals surface area contributed by atoms with Crippen molar-refractivity contribution in [2.45, 2.75) is 26.2 Å². The number of carbonyl (C=O) groups is 3. The van der Waals surface area contributed by atoms with E-state index >= 15 is 0 Å². The summed E-state index contributed by atoms with van der Waals surface area (Å²) in [6, 6.07) is 15.5. The molecule has 0 aliphatic heterocycles. The smallest absolute Gasteiger partial charge is 0.308 e. The molecule has 7 heteroatoms. The normalized spacial score (nSPS) is 10.5. The van der Waals surface area contributed by atoms with Crippen LogP contribution in [0.2, 0.25) is 0 Å². The molecule has 0 heterocycles. The van der Waals surface area contributed by atoms with Crippen molar-refractivity contribution in [3.63, 3.8) is 0 Å². The number of anilines is 1. The number of hydrogen-bond acceptors (Lipinski definition) is 3. The topological polar surface area (TPSA) is 75.3 Å². The third kappa shape index (κ3) is 5.63. The monoisotopic (exact) mass is 436 g/mol. The van der Waals surface area contributed by atoms with E-state index in [9.17, 15) is 23.2 Å². The molecule has 32 heavy (non-hydrogen) atoms. The number of urea groups is 1. The van der Waals surface area contributed by atoms with Crippen LogP contribution in [0.25, 0.3) is 0 Å². The van der Waals surface area contributed by atoms with Crippen LogP contribution < -0.4 is 10.6 Å². The van der Waals surface area contributed by atoms with Crippen LogP contribution in [0.1, 0.15) is 51.6 Å². The Balaban J connectivity index is 1.61. The van der Waals surface area contributed by atoms with Crippen LogP contribution in [-0.2, 0) is 6.42 Å². The zero-order valence-electron chi connectivity index (χ0n) is 17.5. The van der Waals surface area contributed by atoms with Crippen molar-refractivity contribution < 1.29 is 23.2 Å². The van der Waals surface area contributed by atoms with Gasteiger partial charge in [-0.1, -0.05) is 43.7 Å². The molecule has 5 nitrogen and oxygen atoms in total. The van der Waals surface area contributed by atoms with E-state index in [-0.39, 0.29) is 5.78 Å². The summed E-state index contributed by atoms with van der Waals surface area (Å²) in [5.41, 5.74) is 1.63. The molecule has 0 fully saturated rings. The largest absolute Gasteiger partial charge is 0.326 e. The average Bonchev–Trinajstić information content (AvgIpc) is 2.78. The van der Waals surface area contributed by atoms with E-state index < -0.39 is 29.1 Å². The van der Waals surface area contributed by atoms with Gasteiger partial charge in [-0.15, -0.1) is 0 Å². The molecule has 0 aliphatic rings. The van der Waals surface area contributed by atoms with Crippen molar-refractivity contribution in [3.8, 4) is 0 Å². The second-order valence-corrected chi connectivity index (χ2v) is 7.21. The Morgan fingerprint density at radius 2 is 1.38 bits per heavy atom. The summed E-state index contributed by atoms with van der Waals surface area (Å²) in [7, 11) is 0. The minimum absolute atomic E-state index is 0.159. The fraction of sp³-hybridized carbons (Fsp3) is 0.160. The van der Waals surface area contributed by atoms with Gasteiger partial charge in [0, 0.05) is 16.8 Å². The summed E-state index contributed by atoms with van der Waals surface area (Å²) >= 11 is 0. The number of carbonyl (C=O) groups excluding carboxylic acids is 3. The standard InChI is InChI=1S/C25H22F2N2O3/c1-2-3-5-16-8-10-17(11-9-16)23(30)18-12-14-19(15-13-18)28-25(32)29-24(31)22-20(26)6-4-7-21(22)27/h4,6-15H,2-3,5H2,1H3,(H2,28,29,31,32). The molecule has 3 aromatic carbocycles. The first-order valence-corrected chi connectivity index (χ1v) is 10.2. The zero-order chi connectivity index (χ0) is 23.1. The molecule has 0 unspecified atom stereocenters. The molecule has 3 aromatic rings. The Morgan fingerprint density at radius 1 is 0.812 bits per heavy atom. The van der Waals surface area contributed by atoms with Gasteiger partial charge in [-0.25, -0.2) is 13.6 Å². The average molecular weight is 436 g/mol. The molecule has 3 amide bonds. The third-order valence-corrected chi connectivity index (χ3v) is 4.86. The maximum absolute atomic E-state index is 13.7. The van der Waals surface area contributed by atoms with Gasteiger partial charge < -0.3 is 5.32 Å². The van der Waals surface area contributed by atoms with Crippen LogP contribution >= 0.6 is 0 Å². The van der Waals surface area contributed by atoms with Gasteiger partial charge in [0.05, 0.1) is 0 Å². The molecule has 3 rings (SSSR count). The molecule has 0 bridgehead atoms. The van der Waals surface area contributed by atoms with Crippen molar-refractivity contribution in [3.05, 3.63) is 101 Å². The molecule has 0 atom stereocenters. The van der Waals surface area contributed by atoms with E-state index in [2.05, 4.69) is 12.2 Å². The van der Waals surface area contributed by atoms with Crippen molar-refractivity contribution >= 4 is 23.4 Å². The Morgan fingerprint density at radius 3 is 1.94 bits per heavy atom. The Labute approximate surface area is 184 Å². The molecular formula is C25H22F2N2O3. The van der Waals surface area contributed by atoms with E-state index in [4.69, 9.17) is 0 Å². The molecule has 0 saturated heterocycles. The molecule has 0 aromatic heterocycles. The number of hydrogen-bond donors (Lipinski definition) is 2. The lowest BCUT2D eigenvalue weighted by Gasteiger charge is -2.09. The van der Waals surface area contributed by atoms with Crippen molar-refractivity contribution in [1.82, 2.24) is 5.32 Å². The summed E-state index contributed by atoms with van der Waals surface area (Å²) < 4.78 is 27.3. The number of benzene rings is 3. The Hall–Kier alpha value is -3.87. The molecule has 2 N–H and O–H groups in total. The molecular weight excluding hydrogens is 414 g/mol. The predicted molar refractivity (Wildman–Crippen MR) is 118 cm³/mol. The quantitative estimate of drug-likeness (QED) is 0.480. The predicted octanol–water partition coefficient (Wildman–Crippen LogP) is 5.50. The molecule has 164 valence electrons. The van der Waals surface area contributed by atoms with Crippen molar-refractivity contribution in [2.24, 2.45) is 0 Å². The van der Waals surface area contributed by atoms with Crippen LogP contribution in [0, 0.1) is 11.6 Å². The highest BCUT2D eigenvalue weighted by atomic mass is 19.1. The second kappa shape index (κ2) is 10.4. The number of rotatable bonds is 7. The van der Waals surface area contributed by atoms with E-state index in [1.54, 1.807) is 24.3 Å². The van der Waals surface area contributed by atoms with E-state index in [1.165, 1.54) is 17.7 Å². The van der Waals surface area contributed by atoms with E-state index in [1.807, 2.05) is 17.4 Å². The summed E-state index contributed by atoms with van der Waals surface area (Å²) in [5, 5.41) is 4.26. The first kappa shape index (κ1) is 22.8. The Bertz CT molecular complexity index is 1110. The van der Waals surface area contributed by atoms with Gasteiger partial charge in [0.1, 0.15) is 17.2 Å². The number of halogens is 2. The van der Waals surface area contributed by atoms with Crippen LogP contribution in [-0.4, -0.2) is 17.7 Å². The summed E-state index contributed by atoms with van der Waals surface area (Å²) in [4.78, 5) is 36.6. The minimum atomic E-state index is -1.20. The number of aryl methyl sites for hydroxylation is 1. The lowest BCUT2D eigenvalue weighted by Crippen LogP contribution is -2.35. The van der Waals surface area contributed by atoms with Crippen LogP contribution in [0.5, 0.6) is 0 Å². The van der Waals surface area contributed by atoms with Crippen LogP contribution in [0.15, 0.2) is 66.7 Å². The fourth-order valence-electron chi connectivity index (χ4n) is 3.12. The highest BCUT2D eigenvalue weighted by Crippen LogP contribution is 2.16. The lowest BCUT2D eigenvalue weighted by molar-refractivity contribution is 0.0958. The first-order chi connectivity index (χ1) is 15.4. The van der Waals surface area contributed by atoms with Crippen LogP contribution in [0.3, 0.4) is 0 Å². The van der Waals surface area contributed by atoms with E-state index in [0.717, 1.165) is 37.5 Å². The van der Waals surface area contributed by atoms with E-state index in [0.29, 0.717) is 16.8 Å². The minimum Gasteiger partial charge on any atom is -0.308 e. The summed E-state index contributed by atoms with van der Waals surface area (Å²) in [6.07, 6.45) is 3.17. The number of nitrogens with one attached hydrogen (secondary N) is 2. The van der Waals surface area contributed by atoms with Crippen molar-refractivity contribution in [2.75, 3.05) is 5.32 Å². The molecule has 0 spiro atoms. The van der Waals surface area contributed by atoms with Gasteiger partial charge in [-0.05, 0) is 54.8 Å². The number of amides is 3. The lowest BCUT2D eigenvalue weighted by atomic mass is 10.0. The SMILES string of the molecule is CCCCc1ccc(C(=O)c2ccc(NC(=O)NC(=O)c3c(F)cccc3F)cc2)cc1. The zero-order valence-corrected chi connectivity index (χ0v) is 17.5. The van der Waals surface area contributed by atoms with Gasteiger partial charge in [-0.2, -0.15) is 0 Å². The van der Waals surface area contributed by atoms with Gasteiger partial charge in [0.2, 0.25) is 0 Å². The summed E-state index contributed by atoms with van der Waals surface area (Å²) in [5.74, 6) is -3.51. The van der Waals surface area contributed by atoms with Gasteiger partial charge in [-0.3, -0.25) is 14.9 Å². The highest BCUT2D eigenvalue weighted by molar-refractivity contribution is 6.10. The molecule has 0 saturated carbocycles. The first-order valence-electron chi connectivity index (χ1n) is 10.2. The maximum Gasteiger partial charge on any atom is 0.326 e. The molecule has 0 radical (unpaired) electrons.